The molecule has 2 aliphatic rings. The van der Waals surface area contributed by atoms with Crippen LogP contribution in [0.25, 0.3) is 0 Å². The summed E-state index contributed by atoms with van der Waals surface area (Å²) in [5.41, 5.74) is 1.13. The number of anilines is 1. The summed E-state index contributed by atoms with van der Waals surface area (Å²) in [6.45, 7) is 6.02. The van der Waals surface area contributed by atoms with Crippen molar-refractivity contribution in [1.82, 2.24) is 24.6 Å². The summed E-state index contributed by atoms with van der Waals surface area (Å²) < 4.78 is 7.59. The lowest BCUT2D eigenvalue weighted by molar-refractivity contribution is 0.239. The number of methoxy groups -OCH3 is 1. The van der Waals surface area contributed by atoms with E-state index in [-0.39, 0.29) is 0 Å². The van der Waals surface area contributed by atoms with Gasteiger partial charge < -0.3 is 14.2 Å². The van der Waals surface area contributed by atoms with Gasteiger partial charge in [0.15, 0.2) is 0 Å². The Labute approximate surface area is 142 Å². The van der Waals surface area contributed by atoms with Gasteiger partial charge in [0.1, 0.15) is 17.4 Å². The molecule has 24 heavy (non-hydrogen) atoms. The maximum Gasteiger partial charge on any atom is 0.147 e. The quantitative estimate of drug-likeness (QED) is 0.844. The molecule has 0 unspecified atom stereocenters. The zero-order valence-corrected chi connectivity index (χ0v) is 14.2. The maximum atomic E-state index is 5.27. The molecule has 0 spiro atoms. The number of aryl methyl sites for hydroxylation is 1. The summed E-state index contributed by atoms with van der Waals surface area (Å²) in [6, 6.07) is 2.05. The van der Waals surface area contributed by atoms with Crippen molar-refractivity contribution in [3.05, 3.63) is 30.1 Å². The highest BCUT2D eigenvalue weighted by atomic mass is 16.5. The second-order valence-electron chi connectivity index (χ2n) is 6.49. The highest BCUT2D eigenvalue weighted by Gasteiger charge is 2.22. The van der Waals surface area contributed by atoms with E-state index in [0.717, 1.165) is 68.8 Å². The third-order valence-corrected chi connectivity index (χ3v) is 4.97. The second kappa shape index (κ2) is 6.76. The summed E-state index contributed by atoms with van der Waals surface area (Å²) in [4.78, 5) is 9.09. The van der Waals surface area contributed by atoms with Crippen LogP contribution in [0.2, 0.25) is 0 Å². The third-order valence-electron chi connectivity index (χ3n) is 4.97. The van der Waals surface area contributed by atoms with E-state index in [1.165, 1.54) is 12.8 Å². The number of ether oxygens (including phenoxy) is 1. The van der Waals surface area contributed by atoms with E-state index in [9.17, 15) is 0 Å². The molecule has 4 rings (SSSR count). The van der Waals surface area contributed by atoms with Gasteiger partial charge in [-0.1, -0.05) is 0 Å². The number of rotatable bonds is 4. The van der Waals surface area contributed by atoms with Gasteiger partial charge in [-0.15, -0.1) is 10.2 Å². The van der Waals surface area contributed by atoms with Crippen LogP contribution in [0.5, 0.6) is 5.75 Å². The van der Waals surface area contributed by atoms with Gasteiger partial charge in [0, 0.05) is 45.2 Å². The summed E-state index contributed by atoms with van der Waals surface area (Å²) in [5, 5.41) is 8.78. The molecule has 0 aliphatic carbocycles. The number of pyridine rings is 1. The molecule has 2 aromatic rings. The van der Waals surface area contributed by atoms with Crippen LogP contribution in [-0.4, -0.2) is 57.9 Å². The monoisotopic (exact) mass is 328 g/mol. The lowest BCUT2D eigenvalue weighted by Gasteiger charge is -2.35. The summed E-state index contributed by atoms with van der Waals surface area (Å²) >= 11 is 0. The second-order valence-corrected chi connectivity index (χ2v) is 6.49. The zero-order valence-electron chi connectivity index (χ0n) is 14.2. The fraction of sp³-hybridized carbons (Fsp3) is 0.588. The lowest BCUT2D eigenvalue weighted by Crippen LogP contribution is -2.46. The predicted molar refractivity (Wildman–Crippen MR) is 91.2 cm³/mol. The number of fused-ring (bicyclic) bond motifs is 1. The summed E-state index contributed by atoms with van der Waals surface area (Å²) in [6.07, 6.45) is 7.21. The zero-order chi connectivity index (χ0) is 16.4. The molecule has 7 nitrogen and oxygen atoms in total. The van der Waals surface area contributed by atoms with Gasteiger partial charge >= 0.3 is 0 Å². The maximum absolute atomic E-state index is 5.27. The molecule has 4 heterocycles. The van der Waals surface area contributed by atoms with Crippen LogP contribution in [-0.2, 0) is 19.5 Å². The smallest absolute Gasteiger partial charge is 0.147 e. The Morgan fingerprint density at radius 3 is 2.75 bits per heavy atom. The first-order valence-electron chi connectivity index (χ1n) is 8.71. The molecule has 2 aliphatic heterocycles. The van der Waals surface area contributed by atoms with Crippen molar-refractivity contribution in [2.75, 3.05) is 38.2 Å². The van der Waals surface area contributed by atoms with Crippen LogP contribution in [0.1, 0.15) is 24.5 Å². The van der Waals surface area contributed by atoms with Gasteiger partial charge in [0.25, 0.3) is 0 Å². The lowest BCUT2D eigenvalue weighted by atomic mass is 10.1. The van der Waals surface area contributed by atoms with E-state index < -0.39 is 0 Å². The van der Waals surface area contributed by atoms with Crippen molar-refractivity contribution >= 4 is 5.69 Å². The van der Waals surface area contributed by atoms with Crippen molar-refractivity contribution < 1.29 is 4.74 Å². The highest BCUT2D eigenvalue weighted by Crippen LogP contribution is 2.21. The summed E-state index contributed by atoms with van der Waals surface area (Å²) in [7, 11) is 1.68. The van der Waals surface area contributed by atoms with Crippen molar-refractivity contribution in [3.63, 3.8) is 0 Å². The van der Waals surface area contributed by atoms with E-state index in [1.807, 2.05) is 6.20 Å². The van der Waals surface area contributed by atoms with Gasteiger partial charge in [0.05, 0.1) is 31.7 Å². The van der Waals surface area contributed by atoms with Crippen LogP contribution in [0, 0.1) is 0 Å². The Balaban J connectivity index is 1.37. The molecule has 0 saturated carbocycles. The van der Waals surface area contributed by atoms with Crippen LogP contribution >= 0.6 is 0 Å². The van der Waals surface area contributed by atoms with Crippen molar-refractivity contribution in [3.8, 4) is 5.75 Å². The van der Waals surface area contributed by atoms with Crippen molar-refractivity contribution in [2.45, 2.75) is 32.4 Å². The molecule has 2 aromatic heterocycles. The first-order valence-corrected chi connectivity index (χ1v) is 8.71. The van der Waals surface area contributed by atoms with Crippen LogP contribution in [0.4, 0.5) is 5.69 Å². The number of nitrogens with zero attached hydrogens (tertiary/aromatic N) is 6. The standard InChI is InChI=1S/C17H24N6O/c1-24-15-10-14(11-18-12-15)22-8-6-21(7-9-22)13-17-20-19-16-4-2-3-5-23(16)17/h10-12H,2-9,13H2,1H3. The molecule has 1 saturated heterocycles. The van der Waals surface area contributed by atoms with E-state index in [1.54, 1.807) is 13.3 Å². The minimum atomic E-state index is 0.810. The Bertz CT molecular complexity index is 692. The molecule has 0 aromatic carbocycles. The third kappa shape index (κ3) is 3.08. The summed E-state index contributed by atoms with van der Waals surface area (Å²) in [5.74, 6) is 3.10. The highest BCUT2D eigenvalue weighted by molar-refractivity contribution is 5.48. The van der Waals surface area contributed by atoms with Crippen LogP contribution in [0.3, 0.4) is 0 Å². The minimum absolute atomic E-state index is 0.810. The first-order chi connectivity index (χ1) is 11.8. The topological polar surface area (TPSA) is 59.3 Å². The number of hydrogen-bond donors (Lipinski definition) is 0. The van der Waals surface area contributed by atoms with E-state index in [2.05, 4.69) is 35.6 Å². The van der Waals surface area contributed by atoms with Crippen molar-refractivity contribution in [2.24, 2.45) is 0 Å². The van der Waals surface area contributed by atoms with Gasteiger partial charge in [-0.3, -0.25) is 9.88 Å². The average molecular weight is 328 g/mol. The average Bonchev–Trinajstić information content (AvgIpc) is 3.05. The SMILES string of the molecule is COc1cncc(N2CCN(Cc3nnc4n3CCCC4)CC2)c1. The van der Waals surface area contributed by atoms with Crippen LogP contribution in [0.15, 0.2) is 18.5 Å². The Hall–Kier alpha value is -2.15. The Kier molecular flexibility index (Phi) is 4.34. The van der Waals surface area contributed by atoms with Gasteiger partial charge in [0.2, 0.25) is 0 Å². The molecule has 0 bridgehead atoms. The predicted octanol–water partition coefficient (Wildman–Crippen LogP) is 1.34. The molecule has 0 radical (unpaired) electrons. The molecule has 128 valence electrons. The molecule has 0 N–H and O–H groups in total. The Morgan fingerprint density at radius 1 is 1.04 bits per heavy atom. The van der Waals surface area contributed by atoms with E-state index in [0.29, 0.717) is 0 Å². The number of piperazine rings is 1. The fourth-order valence-corrected chi connectivity index (χ4v) is 3.54. The number of aromatic nitrogens is 4. The van der Waals surface area contributed by atoms with E-state index in [4.69, 9.17) is 4.74 Å². The molecule has 0 atom stereocenters. The molecule has 1 fully saturated rings. The van der Waals surface area contributed by atoms with Crippen LogP contribution < -0.4 is 9.64 Å². The molecule has 0 amide bonds. The number of hydrogen-bond acceptors (Lipinski definition) is 6. The fourth-order valence-electron chi connectivity index (χ4n) is 3.54. The van der Waals surface area contributed by atoms with Gasteiger partial charge in [-0.2, -0.15) is 0 Å². The minimum Gasteiger partial charge on any atom is -0.495 e. The van der Waals surface area contributed by atoms with Gasteiger partial charge in [-0.05, 0) is 12.8 Å². The Morgan fingerprint density at radius 2 is 1.92 bits per heavy atom. The largest absolute Gasteiger partial charge is 0.495 e. The first kappa shape index (κ1) is 15.4. The van der Waals surface area contributed by atoms with Gasteiger partial charge in [-0.25, -0.2) is 0 Å². The normalized spacial score (nSPS) is 18.5. The molecular weight excluding hydrogens is 304 g/mol. The molecule has 7 heteroatoms. The van der Waals surface area contributed by atoms with Crippen molar-refractivity contribution in [1.29, 1.82) is 0 Å². The molecular formula is C17H24N6O. The van der Waals surface area contributed by atoms with E-state index >= 15 is 0 Å².